The number of anilines is 1. The molecule has 1 aliphatic carbocycles. The zero-order valence-corrected chi connectivity index (χ0v) is 12.1. The van der Waals surface area contributed by atoms with Crippen LogP contribution >= 0.6 is 0 Å². The fourth-order valence-corrected chi connectivity index (χ4v) is 2.26. The first-order chi connectivity index (χ1) is 9.24. The van der Waals surface area contributed by atoms with Crippen molar-refractivity contribution in [2.24, 2.45) is 0 Å². The molecular formula is C16H25FN2. The zero-order chi connectivity index (χ0) is 13.7. The summed E-state index contributed by atoms with van der Waals surface area (Å²) in [5.74, 6) is -0.104. The van der Waals surface area contributed by atoms with Gasteiger partial charge in [-0.1, -0.05) is 19.4 Å². The minimum Gasteiger partial charge on any atom is -0.369 e. The Kier molecular flexibility index (Phi) is 5.20. The first-order valence-electron chi connectivity index (χ1n) is 7.51. The van der Waals surface area contributed by atoms with Gasteiger partial charge in [0.1, 0.15) is 5.82 Å². The van der Waals surface area contributed by atoms with Gasteiger partial charge in [0.05, 0.1) is 5.69 Å². The van der Waals surface area contributed by atoms with Gasteiger partial charge in [0.15, 0.2) is 0 Å². The van der Waals surface area contributed by atoms with Crippen LogP contribution in [0.3, 0.4) is 0 Å². The van der Waals surface area contributed by atoms with E-state index in [4.69, 9.17) is 0 Å². The third-order valence-electron chi connectivity index (χ3n) is 3.69. The van der Waals surface area contributed by atoms with Crippen LogP contribution in [0.15, 0.2) is 18.2 Å². The predicted molar refractivity (Wildman–Crippen MR) is 79.1 cm³/mol. The molecule has 19 heavy (non-hydrogen) atoms. The predicted octanol–water partition coefficient (Wildman–Crippen LogP) is 3.70. The van der Waals surface area contributed by atoms with E-state index in [1.54, 1.807) is 6.07 Å². The van der Waals surface area contributed by atoms with Gasteiger partial charge in [-0.15, -0.1) is 0 Å². The fourth-order valence-electron chi connectivity index (χ4n) is 2.26. The normalized spacial score (nSPS) is 14.7. The van der Waals surface area contributed by atoms with Crippen LogP contribution in [-0.2, 0) is 6.54 Å². The summed E-state index contributed by atoms with van der Waals surface area (Å²) in [6.07, 6.45) is 4.82. The van der Waals surface area contributed by atoms with Crippen LogP contribution in [0.25, 0.3) is 0 Å². The van der Waals surface area contributed by atoms with E-state index in [1.807, 2.05) is 12.1 Å². The third-order valence-corrected chi connectivity index (χ3v) is 3.69. The number of halogens is 1. The van der Waals surface area contributed by atoms with Gasteiger partial charge in [-0.25, -0.2) is 4.39 Å². The van der Waals surface area contributed by atoms with Crippen LogP contribution in [0.2, 0.25) is 0 Å². The molecule has 0 spiro atoms. The lowest BCUT2D eigenvalue weighted by atomic mass is 10.1. The third kappa shape index (κ3) is 4.20. The summed E-state index contributed by atoms with van der Waals surface area (Å²) in [4.78, 5) is 2.14. The smallest absolute Gasteiger partial charge is 0.146 e. The van der Waals surface area contributed by atoms with Crippen molar-refractivity contribution in [1.82, 2.24) is 5.32 Å². The second-order valence-corrected chi connectivity index (χ2v) is 5.37. The molecule has 0 heterocycles. The minimum atomic E-state index is -0.104. The Morgan fingerprint density at radius 3 is 2.74 bits per heavy atom. The standard InChI is InChI=1S/C16H25FN2/c1-3-5-10-19(4-2)16-11-13(6-9-15(16)17)12-18-14-7-8-14/h6,9,11,14,18H,3-5,7-8,10,12H2,1-2H3. The molecule has 1 saturated carbocycles. The lowest BCUT2D eigenvalue weighted by Gasteiger charge is -2.24. The molecule has 0 atom stereocenters. The van der Waals surface area contributed by atoms with Gasteiger partial charge in [0.25, 0.3) is 0 Å². The molecule has 2 nitrogen and oxygen atoms in total. The number of hydrogen-bond acceptors (Lipinski definition) is 2. The molecule has 0 unspecified atom stereocenters. The minimum absolute atomic E-state index is 0.104. The van der Waals surface area contributed by atoms with Gasteiger partial charge in [0.2, 0.25) is 0 Å². The van der Waals surface area contributed by atoms with Crippen LogP contribution in [-0.4, -0.2) is 19.1 Å². The molecule has 1 aliphatic rings. The number of rotatable bonds is 8. The van der Waals surface area contributed by atoms with Gasteiger partial charge in [-0.05, 0) is 43.9 Å². The van der Waals surface area contributed by atoms with Crippen molar-refractivity contribution in [3.63, 3.8) is 0 Å². The van der Waals surface area contributed by atoms with E-state index >= 15 is 0 Å². The molecule has 0 amide bonds. The number of unbranched alkanes of at least 4 members (excludes halogenated alkanes) is 1. The molecule has 0 saturated heterocycles. The van der Waals surface area contributed by atoms with Crippen LogP contribution in [0.4, 0.5) is 10.1 Å². The van der Waals surface area contributed by atoms with Crippen molar-refractivity contribution in [1.29, 1.82) is 0 Å². The van der Waals surface area contributed by atoms with Gasteiger partial charge < -0.3 is 10.2 Å². The average molecular weight is 264 g/mol. The Hall–Kier alpha value is -1.09. The Morgan fingerprint density at radius 1 is 1.32 bits per heavy atom. The maximum absolute atomic E-state index is 14.0. The Bertz CT molecular complexity index is 402. The van der Waals surface area contributed by atoms with E-state index in [2.05, 4.69) is 24.1 Å². The monoisotopic (exact) mass is 264 g/mol. The zero-order valence-electron chi connectivity index (χ0n) is 12.1. The molecule has 1 N–H and O–H groups in total. The first kappa shape index (κ1) is 14.3. The van der Waals surface area contributed by atoms with E-state index < -0.39 is 0 Å². The largest absolute Gasteiger partial charge is 0.369 e. The summed E-state index contributed by atoms with van der Waals surface area (Å²) >= 11 is 0. The molecule has 1 fully saturated rings. The van der Waals surface area contributed by atoms with Crippen LogP contribution in [0.1, 0.15) is 45.1 Å². The fraction of sp³-hybridized carbons (Fsp3) is 0.625. The van der Waals surface area contributed by atoms with Crippen molar-refractivity contribution in [2.45, 2.75) is 52.1 Å². The molecule has 0 aromatic heterocycles. The van der Waals surface area contributed by atoms with Gasteiger partial charge in [-0.3, -0.25) is 0 Å². The number of hydrogen-bond donors (Lipinski definition) is 1. The lowest BCUT2D eigenvalue weighted by molar-refractivity contribution is 0.611. The van der Waals surface area contributed by atoms with Crippen molar-refractivity contribution in [3.8, 4) is 0 Å². The lowest BCUT2D eigenvalue weighted by Crippen LogP contribution is -2.25. The molecule has 2 rings (SSSR count). The molecular weight excluding hydrogens is 239 g/mol. The van der Waals surface area contributed by atoms with Crippen LogP contribution in [0.5, 0.6) is 0 Å². The second-order valence-electron chi connectivity index (χ2n) is 5.37. The summed E-state index contributed by atoms with van der Waals surface area (Å²) < 4.78 is 14.0. The van der Waals surface area contributed by atoms with E-state index in [9.17, 15) is 4.39 Å². The van der Waals surface area contributed by atoms with E-state index in [0.717, 1.165) is 38.2 Å². The summed E-state index contributed by atoms with van der Waals surface area (Å²) in [6, 6.07) is 6.19. The molecule has 0 radical (unpaired) electrons. The highest BCUT2D eigenvalue weighted by molar-refractivity contribution is 5.50. The van der Waals surface area contributed by atoms with E-state index in [0.29, 0.717) is 6.04 Å². The van der Waals surface area contributed by atoms with Crippen molar-refractivity contribution in [2.75, 3.05) is 18.0 Å². The highest BCUT2D eigenvalue weighted by Gasteiger charge is 2.20. The highest BCUT2D eigenvalue weighted by atomic mass is 19.1. The molecule has 3 heteroatoms. The first-order valence-corrected chi connectivity index (χ1v) is 7.51. The maximum atomic E-state index is 14.0. The van der Waals surface area contributed by atoms with Crippen LogP contribution in [0, 0.1) is 5.82 Å². The average Bonchev–Trinajstić information content (AvgIpc) is 3.24. The molecule has 1 aromatic rings. The number of benzene rings is 1. The maximum Gasteiger partial charge on any atom is 0.146 e. The molecule has 1 aromatic carbocycles. The summed E-state index contributed by atoms with van der Waals surface area (Å²) in [5, 5.41) is 3.48. The number of nitrogens with one attached hydrogen (secondary N) is 1. The van der Waals surface area contributed by atoms with Crippen molar-refractivity contribution in [3.05, 3.63) is 29.6 Å². The Balaban J connectivity index is 2.04. The summed E-state index contributed by atoms with van der Waals surface area (Å²) in [5.41, 5.74) is 1.93. The quantitative estimate of drug-likeness (QED) is 0.770. The topological polar surface area (TPSA) is 15.3 Å². The molecule has 0 bridgehead atoms. The van der Waals surface area contributed by atoms with Gasteiger partial charge in [0, 0.05) is 25.7 Å². The van der Waals surface area contributed by atoms with Gasteiger partial charge in [-0.2, -0.15) is 0 Å². The molecule has 106 valence electrons. The summed E-state index contributed by atoms with van der Waals surface area (Å²) in [7, 11) is 0. The highest BCUT2D eigenvalue weighted by Crippen LogP contribution is 2.23. The van der Waals surface area contributed by atoms with Crippen molar-refractivity contribution < 1.29 is 4.39 Å². The Morgan fingerprint density at radius 2 is 2.11 bits per heavy atom. The molecule has 0 aliphatic heterocycles. The second kappa shape index (κ2) is 6.90. The van der Waals surface area contributed by atoms with E-state index in [1.165, 1.54) is 18.4 Å². The SMILES string of the molecule is CCCCN(CC)c1cc(CNC2CC2)ccc1F. The van der Waals surface area contributed by atoms with Crippen molar-refractivity contribution >= 4 is 5.69 Å². The summed E-state index contributed by atoms with van der Waals surface area (Å²) in [6.45, 7) is 6.90. The number of nitrogens with zero attached hydrogens (tertiary/aromatic N) is 1. The van der Waals surface area contributed by atoms with Gasteiger partial charge >= 0.3 is 0 Å². The van der Waals surface area contributed by atoms with Crippen LogP contribution < -0.4 is 10.2 Å². The Labute approximate surface area is 116 Å². The van der Waals surface area contributed by atoms with E-state index in [-0.39, 0.29) is 5.82 Å².